The zero-order chi connectivity index (χ0) is 11.3. The predicted molar refractivity (Wildman–Crippen MR) is 65.2 cm³/mol. The van der Waals surface area contributed by atoms with Crippen LogP contribution in [0.2, 0.25) is 0 Å². The van der Waals surface area contributed by atoms with Gasteiger partial charge in [-0.2, -0.15) is 0 Å². The van der Waals surface area contributed by atoms with E-state index >= 15 is 0 Å². The van der Waals surface area contributed by atoms with E-state index in [1.54, 1.807) is 6.92 Å². The van der Waals surface area contributed by atoms with E-state index in [0.29, 0.717) is 0 Å². The van der Waals surface area contributed by atoms with Gasteiger partial charge in [-0.05, 0) is 31.5 Å². The third-order valence-electron chi connectivity index (χ3n) is 2.47. The zero-order valence-corrected chi connectivity index (χ0v) is 9.48. The molecule has 82 valence electrons. The van der Waals surface area contributed by atoms with Crippen LogP contribution in [-0.2, 0) is 0 Å². The molecule has 0 aromatic heterocycles. The second-order valence-corrected chi connectivity index (χ2v) is 3.59. The Labute approximate surface area is 91.9 Å². The first-order valence-corrected chi connectivity index (χ1v) is 5.33. The summed E-state index contributed by atoms with van der Waals surface area (Å²) in [5.74, 6) is 0. The third-order valence-corrected chi connectivity index (χ3v) is 2.47. The van der Waals surface area contributed by atoms with E-state index in [1.165, 1.54) is 5.69 Å². The highest BCUT2D eigenvalue weighted by molar-refractivity contribution is 5.48. The SMILES string of the molecule is C=CCN(CC)c1ccc([C@@H](C)O)cc1. The maximum Gasteiger partial charge on any atom is 0.0761 e. The molecule has 1 aromatic carbocycles. The molecular weight excluding hydrogens is 186 g/mol. The summed E-state index contributed by atoms with van der Waals surface area (Å²) in [6.07, 6.45) is 1.50. The average Bonchev–Trinajstić information content (AvgIpc) is 2.26. The van der Waals surface area contributed by atoms with Gasteiger partial charge >= 0.3 is 0 Å². The Morgan fingerprint density at radius 2 is 2.00 bits per heavy atom. The Kier molecular flexibility index (Phi) is 4.37. The lowest BCUT2D eigenvalue weighted by molar-refractivity contribution is 0.199. The van der Waals surface area contributed by atoms with Crippen molar-refractivity contribution < 1.29 is 5.11 Å². The van der Waals surface area contributed by atoms with Crippen LogP contribution < -0.4 is 4.90 Å². The van der Waals surface area contributed by atoms with Gasteiger partial charge in [0.2, 0.25) is 0 Å². The molecule has 1 aromatic rings. The fourth-order valence-corrected chi connectivity index (χ4v) is 1.54. The zero-order valence-electron chi connectivity index (χ0n) is 9.48. The second-order valence-electron chi connectivity index (χ2n) is 3.59. The topological polar surface area (TPSA) is 23.5 Å². The summed E-state index contributed by atoms with van der Waals surface area (Å²) in [6, 6.07) is 8.00. The first-order valence-electron chi connectivity index (χ1n) is 5.33. The van der Waals surface area contributed by atoms with E-state index in [0.717, 1.165) is 18.7 Å². The first-order chi connectivity index (χ1) is 7.19. The molecule has 1 rings (SSSR count). The van der Waals surface area contributed by atoms with Crippen molar-refractivity contribution in [1.29, 1.82) is 0 Å². The van der Waals surface area contributed by atoms with Crippen molar-refractivity contribution in [2.45, 2.75) is 20.0 Å². The molecule has 0 unspecified atom stereocenters. The van der Waals surface area contributed by atoms with Crippen LogP contribution in [0.3, 0.4) is 0 Å². The van der Waals surface area contributed by atoms with Gasteiger partial charge in [0.05, 0.1) is 6.10 Å². The smallest absolute Gasteiger partial charge is 0.0761 e. The quantitative estimate of drug-likeness (QED) is 0.747. The Bertz CT molecular complexity index is 303. The molecule has 0 bridgehead atoms. The Morgan fingerprint density at radius 1 is 1.40 bits per heavy atom. The summed E-state index contributed by atoms with van der Waals surface area (Å²) in [4.78, 5) is 2.22. The van der Waals surface area contributed by atoms with Gasteiger partial charge < -0.3 is 10.0 Å². The largest absolute Gasteiger partial charge is 0.389 e. The number of benzene rings is 1. The normalized spacial score (nSPS) is 12.2. The predicted octanol–water partition coefficient (Wildman–Crippen LogP) is 2.75. The molecule has 0 saturated heterocycles. The van der Waals surface area contributed by atoms with E-state index in [-0.39, 0.29) is 0 Å². The average molecular weight is 205 g/mol. The summed E-state index contributed by atoms with van der Waals surface area (Å²) in [7, 11) is 0. The molecule has 1 atom stereocenters. The summed E-state index contributed by atoms with van der Waals surface area (Å²) in [6.45, 7) is 9.44. The summed E-state index contributed by atoms with van der Waals surface area (Å²) < 4.78 is 0. The summed E-state index contributed by atoms with van der Waals surface area (Å²) >= 11 is 0. The van der Waals surface area contributed by atoms with Crippen LogP contribution in [0.25, 0.3) is 0 Å². The van der Waals surface area contributed by atoms with Crippen molar-refractivity contribution in [3.63, 3.8) is 0 Å². The van der Waals surface area contributed by atoms with Crippen molar-refractivity contribution in [2.75, 3.05) is 18.0 Å². The Morgan fingerprint density at radius 3 is 2.40 bits per heavy atom. The van der Waals surface area contributed by atoms with Gasteiger partial charge in [-0.25, -0.2) is 0 Å². The lowest BCUT2D eigenvalue weighted by Gasteiger charge is -2.21. The molecule has 0 heterocycles. The van der Waals surface area contributed by atoms with Crippen molar-refractivity contribution in [3.8, 4) is 0 Å². The monoisotopic (exact) mass is 205 g/mol. The van der Waals surface area contributed by atoms with Gasteiger partial charge in [0.1, 0.15) is 0 Å². The molecule has 2 nitrogen and oxygen atoms in total. The highest BCUT2D eigenvalue weighted by atomic mass is 16.3. The van der Waals surface area contributed by atoms with Gasteiger partial charge in [0.15, 0.2) is 0 Å². The Balaban J connectivity index is 2.81. The number of nitrogens with zero attached hydrogens (tertiary/aromatic N) is 1. The molecule has 0 radical (unpaired) electrons. The highest BCUT2D eigenvalue weighted by Gasteiger charge is 2.03. The van der Waals surface area contributed by atoms with Crippen LogP contribution >= 0.6 is 0 Å². The van der Waals surface area contributed by atoms with Gasteiger partial charge in [-0.3, -0.25) is 0 Å². The third kappa shape index (κ3) is 3.10. The van der Waals surface area contributed by atoms with Crippen LogP contribution in [0, 0.1) is 0 Å². The van der Waals surface area contributed by atoms with Crippen LogP contribution in [0.5, 0.6) is 0 Å². The molecule has 0 amide bonds. The second kappa shape index (κ2) is 5.56. The number of aliphatic hydroxyl groups is 1. The standard InChI is InChI=1S/C13H19NO/c1-4-10-14(5-2)13-8-6-12(7-9-13)11(3)15/h4,6-9,11,15H,1,5,10H2,2-3H3/t11-/m1/s1. The van der Waals surface area contributed by atoms with Gasteiger partial charge in [0, 0.05) is 18.8 Å². The molecule has 2 heteroatoms. The van der Waals surface area contributed by atoms with E-state index in [9.17, 15) is 5.11 Å². The number of anilines is 1. The number of rotatable bonds is 5. The van der Waals surface area contributed by atoms with Crippen LogP contribution in [0.4, 0.5) is 5.69 Å². The molecule has 0 spiro atoms. The van der Waals surface area contributed by atoms with E-state index in [2.05, 4.69) is 18.4 Å². The number of hydrogen-bond acceptors (Lipinski definition) is 2. The maximum absolute atomic E-state index is 9.38. The van der Waals surface area contributed by atoms with Crippen molar-refractivity contribution in [2.24, 2.45) is 0 Å². The molecular formula is C13H19NO. The van der Waals surface area contributed by atoms with E-state index < -0.39 is 6.10 Å². The molecule has 0 aliphatic rings. The van der Waals surface area contributed by atoms with Crippen LogP contribution in [0.15, 0.2) is 36.9 Å². The van der Waals surface area contributed by atoms with Crippen molar-refractivity contribution in [3.05, 3.63) is 42.5 Å². The number of hydrogen-bond donors (Lipinski definition) is 1. The first kappa shape index (κ1) is 11.8. The minimum absolute atomic E-state index is 0.395. The van der Waals surface area contributed by atoms with Crippen molar-refractivity contribution >= 4 is 5.69 Å². The molecule has 0 fully saturated rings. The lowest BCUT2D eigenvalue weighted by atomic mass is 10.1. The van der Waals surface area contributed by atoms with Gasteiger partial charge in [-0.15, -0.1) is 6.58 Å². The molecule has 0 aliphatic carbocycles. The molecule has 0 saturated carbocycles. The summed E-state index contributed by atoms with van der Waals surface area (Å²) in [5.41, 5.74) is 2.12. The van der Waals surface area contributed by atoms with Crippen LogP contribution in [0.1, 0.15) is 25.5 Å². The summed E-state index contributed by atoms with van der Waals surface area (Å²) in [5, 5.41) is 9.38. The van der Waals surface area contributed by atoms with Crippen LogP contribution in [-0.4, -0.2) is 18.2 Å². The Hall–Kier alpha value is -1.28. The fraction of sp³-hybridized carbons (Fsp3) is 0.385. The van der Waals surface area contributed by atoms with Gasteiger partial charge in [-0.1, -0.05) is 18.2 Å². The van der Waals surface area contributed by atoms with E-state index in [4.69, 9.17) is 0 Å². The lowest BCUT2D eigenvalue weighted by Crippen LogP contribution is -2.22. The minimum atomic E-state index is -0.395. The minimum Gasteiger partial charge on any atom is -0.389 e. The molecule has 0 aliphatic heterocycles. The molecule has 1 N–H and O–H groups in total. The number of aliphatic hydroxyl groups excluding tert-OH is 1. The number of likely N-dealkylation sites (N-methyl/N-ethyl adjacent to an activating group) is 1. The fourth-order valence-electron chi connectivity index (χ4n) is 1.54. The van der Waals surface area contributed by atoms with Crippen molar-refractivity contribution in [1.82, 2.24) is 0 Å². The maximum atomic E-state index is 9.38. The van der Waals surface area contributed by atoms with Gasteiger partial charge in [0.25, 0.3) is 0 Å². The van der Waals surface area contributed by atoms with E-state index in [1.807, 2.05) is 30.3 Å². The highest BCUT2D eigenvalue weighted by Crippen LogP contribution is 2.18. The molecule has 15 heavy (non-hydrogen) atoms.